The first-order valence-corrected chi connectivity index (χ1v) is 8.72. The maximum Gasteiger partial charge on any atom is 0.237 e. The van der Waals surface area contributed by atoms with E-state index in [1.54, 1.807) is 37.8 Å². The summed E-state index contributed by atoms with van der Waals surface area (Å²) in [5, 5.41) is 10.2. The van der Waals surface area contributed by atoms with E-state index in [2.05, 4.69) is 15.5 Å². The van der Waals surface area contributed by atoms with Crippen LogP contribution in [0.3, 0.4) is 0 Å². The van der Waals surface area contributed by atoms with Crippen molar-refractivity contribution in [3.8, 4) is 11.4 Å². The van der Waals surface area contributed by atoms with E-state index < -0.39 is 34.3 Å². The Labute approximate surface area is 156 Å². The first-order valence-electron chi connectivity index (χ1n) is 7.84. The lowest BCUT2D eigenvalue weighted by molar-refractivity contribution is -0.115. The van der Waals surface area contributed by atoms with E-state index in [9.17, 15) is 18.0 Å². The molecule has 1 N–H and O–H groups in total. The number of hydrogen-bond acceptors (Lipinski definition) is 5. The second-order valence-electron chi connectivity index (χ2n) is 5.73. The zero-order valence-corrected chi connectivity index (χ0v) is 15.4. The number of anilines is 1. The molecule has 10 heteroatoms. The third kappa shape index (κ3) is 3.70. The highest BCUT2D eigenvalue weighted by molar-refractivity contribution is 8.00. The van der Waals surface area contributed by atoms with Gasteiger partial charge in [-0.05, 0) is 32.0 Å². The molecule has 3 aromatic rings. The van der Waals surface area contributed by atoms with E-state index in [1.165, 1.54) is 0 Å². The molecule has 3 rings (SSSR count). The van der Waals surface area contributed by atoms with E-state index >= 15 is 0 Å². The second kappa shape index (κ2) is 7.47. The molecule has 27 heavy (non-hydrogen) atoms. The lowest BCUT2D eigenvalue weighted by atomic mass is 10.2. The summed E-state index contributed by atoms with van der Waals surface area (Å²) in [4.78, 5) is 12.3. The van der Waals surface area contributed by atoms with Crippen molar-refractivity contribution in [3.63, 3.8) is 0 Å². The van der Waals surface area contributed by atoms with Gasteiger partial charge in [0, 0.05) is 7.05 Å². The SMILES string of the molecule is Cc1occc1-c1nnc(S[C@@H](C)C(=O)Nc2ccc(F)c(F)c2F)n1C. The number of halogens is 3. The van der Waals surface area contributed by atoms with Crippen LogP contribution < -0.4 is 5.32 Å². The van der Waals surface area contributed by atoms with Gasteiger partial charge in [0.1, 0.15) is 5.76 Å². The average Bonchev–Trinajstić information content (AvgIpc) is 3.21. The predicted octanol–water partition coefficient (Wildman–Crippen LogP) is 3.92. The zero-order valence-electron chi connectivity index (χ0n) is 14.6. The summed E-state index contributed by atoms with van der Waals surface area (Å²) in [5.74, 6) is -3.74. The molecular formula is C17H15F3N4O2S. The molecule has 0 aliphatic heterocycles. The monoisotopic (exact) mass is 396 g/mol. The van der Waals surface area contributed by atoms with Crippen LogP contribution in [0, 0.1) is 24.4 Å². The Morgan fingerprint density at radius 1 is 1.22 bits per heavy atom. The maximum atomic E-state index is 13.7. The van der Waals surface area contributed by atoms with Crippen LogP contribution in [0.2, 0.25) is 0 Å². The van der Waals surface area contributed by atoms with Gasteiger partial charge in [-0.2, -0.15) is 0 Å². The summed E-state index contributed by atoms with van der Waals surface area (Å²) in [6, 6.07) is 3.47. The van der Waals surface area contributed by atoms with E-state index in [0.717, 1.165) is 29.5 Å². The van der Waals surface area contributed by atoms with Crippen molar-refractivity contribution in [1.82, 2.24) is 14.8 Å². The number of carbonyl (C=O) groups excluding carboxylic acids is 1. The molecule has 6 nitrogen and oxygen atoms in total. The minimum Gasteiger partial charge on any atom is -0.469 e. The van der Waals surface area contributed by atoms with Crippen molar-refractivity contribution in [2.45, 2.75) is 24.3 Å². The van der Waals surface area contributed by atoms with Gasteiger partial charge in [0.15, 0.2) is 28.4 Å². The highest BCUT2D eigenvalue weighted by Crippen LogP contribution is 2.28. The van der Waals surface area contributed by atoms with Gasteiger partial charge in [-0.3, -0.25) is 4.79 Å². The fourth-order valence-corrected chi connectivity index (χ4v) is 3.15. The topological polar surface area (TPSA) is 72.9 Å². The van der Waals surface area contributed by atoms with Crippen molar-refractivity contribution < 1.29 is 22.4 Å². The normalized spacial score (nSPS) is 12.2. The van der Waals surface area contributed by atoms with Crippen LogP contribution in [0.15, 0.2) is 34.0 Å². The third-order valence-corrected chi connectivity index (χ3v) is 5.01. The largest absolute Gasteiger partial charge is 0.469 e. The molecule has 0 radical (unpaired) electrons. The number of aromatic nitrogens is 3. The molecule has 2 aromatic heterocycles. The minimum absolute atomic E-state index is 0.431. The number of furan rings is 1. The van der Waals surface area contributed by atoms with Gasteiger partial charge in [0.2, 0.25) is 5.91 Å². The van der Waals surface area contributed by atoms with Crippen LogP contribution in [-0.4, -0.2) is 25.9 Å². The predicted molar refractivity (Wildman–Crippen MR) is 93.7 cm³/mol. The van der Waals surface area contributed by atoms with Gasteiger partial charge < -0.3 is 14.3 Å². The molecule has 1 aromatic carbocycles. The number of thioether (sulfide) groups is 1. The minimum atomic E-state index is -1.64. The van der Waals surface area contributed by atoms with Crippen molar-refractivity contribution in [2.75, 3.05) is 5.32 Å². The van der Waals surface area contributed by atoms with Gasteiger partial charge in [-0.25, -0.2) is 13.2 Å². The molecule has 0 aliphatic carbocycles. The quantitative estimate of drug-likeness (QED) is 0.523. The number of hydrogen-bond donors (Lipinski definition) is 1. The van der Waals surface area contributed by atoms with Crippen molar-refractivity contribution in [3.05, 3.63) is 47.7 Å². The molecule has 0 unspecified atom stereocenters. The number of nitrogens with one attached hydrogen (secondary N) is 1. The summed E-state index contributed by atoms with van der Waals surface area (Å²) >= 11 is 1.09. The van der Waals surface area contributed by atoms with Crippen molar-refractivity contribution >= 4 is 23.4 Å². The van der Waals surface area contributed by atoms with E-state index in [1.807, 2.05) is 0 Å². The first-order chi connectivity index (χ1) is 12.8. The highest BCUT2D eigenvalue weighted by Gasteiger charge is 2.22. The summed E-state index contributed by atoms with van der Waals surface area (Å²) in [5.41, 5.74) is 0.344. The molecule has 1 amide bonds. The summed E-state index contributed by atoms with van der Waals surface area (Å²) in [6.45, 7) is 3.37. The highest BCUT2D eigenvalue weighted by atomic mass is 32.2. The number of carbonyl (C=O) groups is 1. The van der Waals surface area contributed by atoms with Gasteiger partial charge in [0.25, 0.3) is 0 Å². The van der Waals surface area contributed by atoms with E-state index in [4.69, 9.17) is 4.42 Å². The Morgan fingerprint density at radius 3 is 2.63 bits per heavy atom. The molecule has 0 spiro atoms. The zero-order chi connectivity index (χ0) is 19.7. The molecule has 0 aliphatic rings. The number of rotatable bonds is 5. The van der Waals surface area contributed by atoms with Gasteiger partial charge in [-0.15, -0.1) is 10.2 Å². The Bertz CT molecular complexity index is 1000. The smallest absolute Gasteiger partial charge is 0.237 e. The van der Waals surface area contributed by atoms with Gasteiger partial charge >= 0.3 is 0 Å². The lowest BCUT2D eigenvalue weighted by Gasteiger charge is -2.12. The standard InChI is InChI=1S/C17H15F3N4O2S/c1-8-10(6-7-26-8)15-22-23-17(24(15)3)27-9(2)16(25)21-12-5-4-11(18)13(19)14(12)20/h4-7,9H,1-3H3,(H,21,25)/t9-/m0/s1. The number of amides is 1. The van der Waals surface area contributed by atoms with Crippen LogP contribution in [0.5, 0.6) is 0 Å². The van der Waals surface area contributed by atoms with Crippen molar-refractivity contribution in [1.29, 1.82) is 0 Å². The molecule has 0 saturated carbocycles. The molecule has 0 saturated heterocycles. The number of nitrogens with zero attached hydrogens (tertiary/aromatic N) is 3. The summed E-state index contributed by atoms with van der Waals surface area (Å²) in [6.07, 6.45) is 1.54. The second-order valence-corrected chi connectivity index (χ2v) is 7.04. The average molecular weight is 396 g/mol. The molecule has 1 atom stereocenters. The van der Waals surface area contributed by atoms with Crippen LogP contribution in [0.1, 0.15) is 12.7 Å². The van der Waals surface area contributed by atoms with Crippen LogP contribution in [0.4, 0.5) is 18.9 Å². The summed E-state index contributed by atoms with van der Waals surface area (Å²) in [7, 11) is 1.74. The number of benzene rings is 1. The molecule has 142 valence electrons. The fraction of sp³-hybridized carbons (Fsp3) is 0.235. The Hall–Kier alpha value is -2.75. The Kier molecular flexibility index (Phi) is 5.26. The maximum absolute atomic E-state index is 13.7. The van der Waals surface area contributed by atoms with Gasteiger partial charge in [0.05, 0.1) is 22.8 Å². The Morgan fingerprint density at radius 2 is 1.96 bits per heavy atom. The third-order valence-electron chi connectivity index (χ3n) is 3.88. The van der Waals surface area contributed by atoms with E-state index in [0.29, 0.717) is 16.7 Å². The lowest BCUT2D eigenvalue weighted by Crippen LogP contribution is -2.23. The molecule has 0 fully saturated rings. The molecular weight excluding hydrogens is 381 g/mol. The molecule has 0 bridgehead atoms. The van der Waals surface area contributed by atoms with Crippen LogP contribution >= 0.6 is 11.8 Å². The van der Waals surface area contributed by atoms with Gasteiger partial charge in [-0.1, -0.05) is 11.8 Å². The van der Waals surface area contributed by atoms with Crippen molar-refractivity contribution in [2.24, 2.45) is 7.05 Å². The molecule has 2 heterocycles. The fourth-order valence-electron chi connectivity index (χ4n) is 2.34. The Balaban J connectivity index is 1.73. The first kappa shape index (κ1) is 19.0. The van der Waals surface area contributed by atoms with Crippen LogP contribution in [-0.2, 0) is 11.8 Å². The number of aryl methyl sites for hydroxylation is 1. The van der Waals surface area contributed by atoms with Crippen LogP contribution in [0.25, 0.3) is 11.4 Å². The summed E-state index contributed by atoms with van der Waals surface area (Å²) < 4.78 is 46.9. The van der Waals surface area contributed by atoms with E-state index in [-0.39, 0.29) is 0 Å².